The second-order valence-electron chi connectivity index (χ2n) is 5.57. The van der Waals surface area contributed by atoms with Gasteiger partial charge in [0.1, 0.15) is 37.9 Å². The van der Waals surface area contributed by atoms with Crippen molar-refractivity contribution in [2.45, 2.75) is 51.8 Å². The first kappa shape index (κ1) is 12.3. The minimum atomic E-state index is -0.395. The topological polar surface area (TPSA) is 32.1 Å². The maximum Gasteiger partial charge on any atom is 0.163 e. The van der Waals surface area contributed by atoms with E-state index in [-0.39, 0.29) is 6.10 Å². The van der Waals surface area contributed by atoms with Crippen LogP contribution in [0.1, 0.15) is 27.7 Å². The van der Waals surface area contributed by atoms with Crippen LogP contribution in [0, 0.1) is 0 Å². The summed E-state index contributed by atoms with van der Waals surface area (Å²) in [4.78, 5) is 1.57. The quantitative estimate of drug-likeness (QED) is 0.715. The maximum absolute atomic E-state index is 5.84. The molecule has 0 saturated carbocycles. The van der Waals surface area contributed by atoms with E-state index in [4.69, 9.17) is 14.2 Å². The van der Waals surface area contributed by atoms with E-state index >= 15 is 0 Å². The Balaban J connectivity index is 1.81. The smallest absolute Gasteiger partial charge is 0.163 e. The molecule has 3 atom stereocenters. The van der Waals surface area contributed by atoms with E-state index in [0.717, 1.165) is 26.2 Å². The Kier molecular flexibility index (Phi) is 3.54. The predicted molar refractivity (Wildman–Crippen MR) is 60.5 cm³/mol. The fraction of sp³-hybridized carbons (Fsp3) is 1.00. The Hall–Kier alpha value is -0.160. The molecular weight excluding hydrogens is 206 g/mol. The molecule has 2 rings (SSSR count). The molecule has 0 bridgehead atoms. The molecule has 4 nitrogen and oxygen atoms in total. The average molecular weight is 230 g/mol. The van der Waals surface area contributed by atoms with E-state index in [1.54, 1.807) is 4.90 Å². The standard InChI is InChI=1S/C12H23NO3/c1-9-5-13(6-10(2)15-9)7-11-8-14-12(3,4)16-11/h9-11H,5-8H2,1-4H3/p+1/t9-,10-,11+/m0/s1. The summed E-state index contributed by atoms with van der Waals surface area (Å²) in [5, 5.41) is 0. The van der Waals surface area contributed by atoms with Crippen LogP contribution in [0.15, 0.2) is 0 Å². The van der Waals surface area contributed by atoms with Crippen LogP contribution in [0.4, 0.5) is 0 Å². The van der Waals surface area contributed by atoms with Crippen LogP contribution in [-0.2, 0) is 14.2 Å². The molecule has 1 N–H and O–H groups in total. The van der Waals surface area contributed by atoms with Crippen molar-refractivity contribution in [2.75, 3.05) is 26.2 Å². The van der Waals surface area contributed by atoms with Crippen LogP contribution in [0.5, 0.6) is 0 Å². The Morgan fingerprint density at radius 3 is 2.31 bits per heavy atom. The van der Waals surface area contributed by atoms with Crippen LogP contribution < -0.4 is 4.90 Å². The van der Waals surface area contributed by atoms with E-state index in [1.807, 2.05) is 13.8 Å². The van der Waals surface area contributed by atoms with Gasteiger partial charge in [0.25, 0.3) is 0 Å². The maximum atomic E-state index is 5.84. The Labute approximate surface area is 97.8 Å². The Morgan fingerprint density at radius 1 is 1.19 bits per heavy atom. The van der Waals surface area contributed by atoms with Gasteiger partial charge in [0.05, 0.1) is 6.61 Å². The summed E-state index contributed by atoms with van der Waals surface area (Å²) in [6, 6.07) is 0. The fourth-order valence-electron chi connectivity index (χ4n) is 2.74. The third kappa shape index (κ3) is 3.17. The van der Waals surface area contributed by atoms with Crippen LogP contribution in [0.2, 0.25) is 0 Å². The zero-order valence-corrected chi connectivity index (χ0v) is 10.8. The first-order valence-electron chi connectivity index (χ1n) is 6.25. The van der Waals surface area contributed by atoms with Gasteiger partial charge < -0.3 is 19.1 Å². The third-order valence-electron chi connectivity index (χ3n) is 3.20. The molecule has 2 saturated heterocycles. The number of hydrogen-bond donors (Lipinski definition) is 1. The normalized spacial score (nSPS) is 43.5. The van der Waals surface area contributed by atoms with Crippen molar-refractivity contribution in [3.05, 3.63) is 0 Å². The molecule has 2 heterocycles. The van der Waals surface area contributed by atoms with Gasteiger partial charge in [-0.1, -0.05) is 0 Å². The van der Waals surface area contributed by atoms with Crippen molar-refractivity contribution in [2.24, 2.45) is 0 Å². The monoisotopic (exact) mass is 230 g/mol. The molecule has 94 valence electrons. The zero-order chi connectivity index (χ0) is 11.8. The van der Waals surface area contributed by atoms with Gasteiger partial charge in [-0.15, -0.1) is 0 Å². The summed E-state index contributed by atoms with van der Waals surface area (Å²) >= 11 is 0. The van der Waals surface area contributed by atoms with Crippen LogP contribution in [-0.4, -0.2) is 50.3 Å². The highest BCUT2D eigenvalue weighted by atomic mass is 16.7. The number of hydrogen-bond acceptors (Lipinski definition) is 3. The van der Waals surface area contributed by atoms with E-state index in [1.165, 1.54) is 0 Å². The predicted octanol–water partition coefficient (Wildman–Crippen LogP) is -0.170. The highest BCUT2D eigenvalue weighted by molar-refractivity contribution is 4.70. The van der Waals surface area contributed by atoms with Crippen molar-refractivity contribution in [1.29, 1.82) is 0 Å². The van der Waals surface area contributed by atoms with Gasteiger partial charge in [0.2, 0.25) is 0 Å². The molecule has 2 aliphatic heterocycles. The largest absolute Gasteiger partial charge is 0.364 e. The molecule has 2 fully saturated rings. The van der Waals surface area contributed by atoms with Crippen LogP contribution >= 0.6 is 0 Å². The van der Waals surface area contributed by atoms with Gasteiger partial charge in [0, 0.05) is 0 Å². The SMILES string of the molecule is C[C@H]1C[NH+](C[C@@H]2COC(C)(C)O2)C[C@H](C)O1. The van der Waals surface area contributed by atoms with Crippen molar-refractivity contribution in [1.82, 2.24) is 0 Å². The summed E-state index contributed by atoms with van der Waals surface area (Å²) in [6.45, 7) is 12.1. The summed E-state index contributed by atoms with van der Waals surface area (Å²) in [7, 11) is 0. The van der Waals surface area contributed by atoms with E-state index in [9.17, 15) is 0 Å². The summed E-state index contributed by atoms with van der Waals surface area (Å²) in [5.41, 5.74) is 0. The molecule has 0 aliphatic carbocycles. The first-order valence-corrected chi connectivity index (χ1v) is 6.25. The highest BCUT2D eigenvalue weighted by Crippen LogP contribution is 2.21. The van der Waals surface area contributed by atoms with Gasteiger partial charge in [-0.2, -0.15) is 0 Å². The molecule has 0 unspecified atom stereocenters. The number of morpholine rings is 1. The number of ether oxygens (including phenoxy) is 3. The molecule has 0 aromatic carbocycles. The molecule has 0 radical (unpaired) electrons. The lowest BCUT2D eigenvalue weighted by Crippen LogP contribution is -3.16. The molecule has 16 heavy (non-hydrogen) atoms. The summed E-state index contributed by atoms with van der Waals surface area (Å²) in [6.07, 6.45) is 0.950. The Bertz CT molecular complexity index is 234. The van der Waals surface area contributed by atoms with Crippen LogP contribution in [0.25, 0.3) is 0 Å². The lowest BCUT2D eigenvalue weighted by Gasteiger charge is -2.33. The number of nitrogens with one attached hydrogen (secondary N) is 1. The molecule has 0 spiro atoms. The lowest BCUT2D eigenvalue weighted by molar-refractivity contribution is -0.917. The molecule has 0 aromatic heterocycles. The molecule has 0 amide bonds. The van der Waals surface area contributed by atoms with Crippen LogP contribution in [0.3, 0.4) is 0 Å². The van der Waals surface area contributed by atoms with Crippen molar-refractivity contribution in [3.63, 3.8) is 0 Å². The summed E-state index contributed by atoms with van der Waals surface area (Å²) < 4.78 is 17.1. The second kappa shape index (κ2) is 4.61. The fourth-order valence-corrected chi connectivity index (χ4v) is 2.74. The average Bonchev–Trinajstić information content (AvgIpc) is 2.43. The minimum Gasteiger partial charge on any atom is -0.364 e. The number of rotatable bonds is 2. The van der Waals surface area contributed by atoms with E-state index in [2.05, 4.69) is 13.8 Å². The Morgan fingerprint density at radius 2 is 1.81 bits per heavy atom. The number of quaternary nitrogens is 1. The van der Waals surface area contributed by atoms with Crippen molar-refractivity contribution >= 4 is 0 Å². The van der Waals surface area contributed by atoms with E-state index < -0.39 is 5.79 Å². The second-order valence-corrected chi connectivity index (χ2v) is 5.57. The lowest BCUT2D eigenvalue weighted by atomic mass is 10.2. The zero-order valence-electron chi connectivity index (χ0n) is 10.8. The molecule has 2 aliphatic rings. The van der Waals surface area contributed by atoms with E-state index in [0.29, 0.717) is 12.2 Å². The minimum absolute atomic E-state index is 0.238. The highest BCUT2D eigenvalue weighted by Gasteiger charge is 2.36. The summed E-state index contributed by atoms with van der Waals surface area (Å²) in [5.74, 6) is -0.395. The van der Waals surface area contributed by atoms with Gasteiger partial charge in [-0.25, -0.2) is 0 Å². The van der Waals surface area contributed by atoms with Gasteiger partial charge in [-0.3, -0.25) is 0 Å². The molecular formula is C12H24NO3+. The van der Waals surface area contributed by atoms with Gasteiger partial charge >= 0.3 is 0 Å². The first-order chi connectivity index (χ1) is 7.44. The molecule has 4 heteroatoms. The third-order valence-corrected chi connectivity index (χ3v) is 3.20. The molecule has 0 aromatic rings. The van der Waals surface area contributed by atoms with Gasteiger partial charge in [0.15, 0.2) is 5.79 Å². The van der Waals surface area contributed by atoms with Crippen molar-refractivity contribution < 1.29 is 19.1 Å². The van der Waals surface area contributed by atoms with Crippen molar-refractivity contribution in [3.8, 4) is 0 Å². The van der Waals surface area contributed by atoms with Gasteiger partial charge in [-0.05, 0) is 27.7 Å².